The van der Waals surface area contributed by atoms with Crippen molar-refractivity contribution in [2.75, 3.05) is 39.5 Å². The predicted octanol–water partition coefficient (Wildman–Crippen LogP) is 1.34. The van der Waals surface area contributed by atoms with E-state index >= 15 is 0 Å². The molecule has 0 radical (unpaired) electrons. The van der Waals surface area contributed by atoms with Gasteiger partial charge in [0.25, 0.3) is 0 Å². The Labute approximate surface area is 175 Å². The molecule has 0 unspecified atom stereocenters. The topological polar surface area (TPSA) is 102 Å². The van der Waals surface area contributed by atoms with E-state index in [9.17, 15) is 21.2 Å². The van der Waals surface area contributed by atoms with Crippen molar-refractivity contribution in [3.8, 4) is 5.75 Å². The van der Waals surface area contributed by atoms with Gasteiger partial charge in [-0.25, -0.2) is 25.9 Å². The molecule has 30 heavy (non-hydrogen) atoms. The SMILES string of the molecule is O=S(=O)(Cc1ccc(F)cc1)NCCOc1ccc(S(=O)(=O)N2CCOCC2)cc1. The predicted molar refractivity (Wildman–Crippen MR) is 109 cm³/mol. The summed E-state index contributed by atoms with van der Waals surface area (Å²) < 4.78 is 76.6. The van der Waals surface area contributed by atoms with Crippen LogP contribution in [-0.2, 0) is 30.5 Å². The molecule has 0 saturated carbocycles. The molecule has 1 aliphatic heterocycles. The van der Waals surface area contributed by atoms with E-state index in [4.69, 9.17) is 9.47 Å². The molecule has 2 aromatic carbocycles. The highest BCUT2D eigenvalue weighted by molar-refractivity contribution is 7.89. The third-order valence-corrected chi connectivity index (χ3v) is 7.66. The number of benzene rings is 2. The average Bonchev–Trinajstić information content (AvgIpc) is 2.74. The summed E-state index contributed by atoms with van der Waals surface area (Å²) in [6.07, 6.45) is 0. The highest BCUT2D eigenvalue weighted by atomic mass is 32.2. The highest BCUT2D eigenvalue weighted by Crippen LogP contribution is 2.20. The summed E-state index contributed by atoms with van der Waals surface area (Å²) in [5.74, 6) is -0.267. The Morgan fingerprint density at radius 2 is 1.60 bits per heavy atom. The van der Waals surface area contributed by atoms with Crippen LogP contribution in [-0.4, -0.2) is 60.6 Å². The summed E-state index contributed by atoms with van der Waals surface area (Å²) in [5.41, 5.74) is 0.474. The first-order chi connectivity index (χ1) is 14.3. The molecule has 0 aliphatic carbocycles. The van der Waals surface area contributed by atoms with Crippen molar-refractivity contribution in [1.82, 2.24) is 9.03 Å². The fraction of sp³-hybridized carbons (Fsp3) is 0.368. The molecule has 0 aromatic heterocycles. The standard InChI is InChI=1S/C19H23FN2O6S2/c20-17-3-1-16(2-4-17)15-29(23,24)21-9-12-28-18-5-7-19(8-6-18)30(25,26)22-10-13-27-14-11-22/h1-8,21H,9-15H2. The van der Waals surface area contributed by atoms with Crippen LogP contribution in [0.4, 0.5) is 4.39 Å². The quantitative estimate of drug-likeness (QED) is 0.569. The molecule has 0 atom stereocenters. The van der Waals surface area contributed by atoms with E-state index in [0.717, 1.165) is 0 Å². The van der Waals surface area contributed by atoms with Crippen LogP contribution >= 0.6 is 0 Å². The number of rotatable bonds is 9. The van der Waals surface area contributed by atoms with Crippen molar-refractivity contribution in [2.45, 2.75) is 10.6 Å². The molecule has 2 aromatic rings. The smallest absolute Gasteiger partial charge is 0.243 e. The maximum absolute atomic E-state index is 12.9. The van der Waals surface area contributed by atoms with Crippen LogP contribution in [0.3, 0.4) is 0 Å². The Kier molecular flexibility index (Phi) is 7.42. The molecule has 164 valence electrons. The van der Waals surface area contributed by atoms with Crippen LogP contribution in [0.5, 0.6) is 5.75 Å². The van der Waals surface area contributed by atoms with Crippen LogP contribution in [0, 0.1) is 5.82 Å². The van der Waals surface area contributed by atoms with Gasteiger partial charge in [0.05, 0.1) is 23.9 Å². The zero-order chi connectivity index (χ0) is 21.6. The number of hydrogen-bond acceptors (Lipinski definition) is 6. The molecule has 1 fully saturated rings. The average molecular weight is 459 g/mol. The van der Waals surface area contributed by atoms with E-state index in [0.29, 0.717) is 37.6 Å². The monoisotopic (exact) mass is 458 g/mol. The molecule has 8 nitrogen and oxygen atoms in total. The van der Waals surface area contributed by atoms with Gasteiger partial charge in [-0.3, -0.25) is 0 Å². The fourth-order valence-corrected chi connectivity index (χ4v) is 5.40. The molecule has 0 spiro atoms. The van der Waals surface area contributed by atoms with Gasteiger partial charge in [0.1, 0.15) is 18.2 Å². The van der Waals surface area contributed by atoms with Gasteiger partial charge in [0, 0.05) is 19.6 Å². The van der Waals surface area contributed by atoms with Gasteiger partial charge in [-0.15, -0.1) is 0 Å². The number of sulfonamides is 2. The first-order valence-corrected chi connectivity index (χ1v) is 12.4. The molecule has 1 heterocycles. The maximum atomic E-state index is 12.9. The van der Waals surface area contributed by atoms with Gasteiger partial charge in [-0.2, -0.15) is 4.31 Å². The second kappa shape index (κ2) is 9.84. The Hall–Kier alpha value is -2.05. The number of hydrogen-bond donors (Lipinski definition) is 1. The van der Waals surface area contributed by atoms with E-state index in [-0.39, 0.29) is 23.8 Å². The van der Waals surface area contributed by atoms with Gasteiger partial charge in [0.2, 0.25) is 20.0 Å². The van der Waals surface area contributed by atoms with E-state index < -0.39 is 25.9 Å². The van der Waals surface area contributed by atoms with Gasteiger partial charge >= 0.3 is 0 Å². The summed E-state index contributed by atoms with van der Waals surface area (Å²) in [4.78, 5) is 0.164. The zero-order valence-electron chi connectivity index (χ0n) is 16.2. The van der Waals surface area contributed by atoms with Gasteiger partial charge < -0.3 is 9.47 Å². The number of nitrogens with one attached hydrogen (secondary N) is 1. The minimum atomic E-state index is -3.59. The molecule has 3 rings (SSSR count). The van der Waals surface area contributed by atoms with Crippen molar-refractivity contribution in [3.63, 3.8) is 0 Å². The van der Waals surface area contributed by atoms with Crippen molar-refractivity contribution in [2.24, 2.45) is 0 Å². The summed E-state index contributed by atoms with van der Waals surface area (Å²) >= 11 is 0. The van der Waals surface area contributed by atoms with Crippen LogP contribution in [0.1, 0.15) is 5.56 Å². The van der Waals surface area contributed by atoms with Gasteiger partial charge in [-0.05, 0) is 42.0 Å². The van der Waals surface area contributed by atoms with Crippen LogP contribution < -0.4 is 9.46 Å². The lowest BCUT2D eigenvalue weighted by atomic mass is 10.2. The molecular formula is C19H23FN2O6S2. The number of nitrogens with zero attached hydrogens (tertiary/aromatic N) is 1. The van der Waals surface area contributed by atoms with E-state index in [1.165, 1.54) is 52.8 Å². The van der Waals surface area contributed by atoms with E-state index in [1.54, 1.807) is 0 Å². The fourth-order valence-electron chi connectivity index (χ4n) is 2.86. The Morgan fingerprint density at radius 1 is 0.967 bits per heavy atom. The first-order valence-electron chi connectivity index (χ1n) is 9.29. The summed E-state index contributed by atoms with van der Waals surface area (Å²) in [6.45, 7) is 1.49. The first kappa shape index (κ1) is 22.6. The largest absolute Gasteiger partial charge is 0.492 e. The second-order valence-electron chi connectivity index (χ2n) is 6.62. The molecule has 1 aliphatic rings. The normalized spacial score (nSPS) is 15.8. The second-order valence-corrected chi connectivity index (χ2v) is 10.4. The number of morpholine rings is 1. The molecule has 1 saturated heterocycles. The summed E-state index contributed by atoms with van der Waals surface area (Å²) in [6, 6.07) is 11.2. The van der Waals surface area contributed by atoms with Crippen LogP contribution in [0.25, 0.3) is 0 Å². The zero-order valence-corrected chi connectivity index (χ0v) is 17.8. The molecule has 1 N–H and O–H groups in total. The van der Waals surface area contributed by atoms with Crippen LogP contribution in [0.15, 0.2) is 53.4 Å². The third-order valence-electron chi connectivity index (χ3n) is 4.39. The van der Waals surface area contributed by atoms with Gasteiger partial charge in [-0.1, -0.05) is 12.1 Å². The Bertz CT molecular complexity index is 1040. The lowest BCUT2D eigenvalue weighted by molar-refractivity contribution is 0.0730. The third kappa shape index (κ3) is 6.22. The molecule has 0 bridgehead atoms. The maximum Gasteiger partial charge on any atom is 0.243 e. The minimum absolute atomic E-state index is 0.0390. The van der Waals surface area contributed by atoms with E-state index in [2.05, 4.69) is 4.72 Å². The van der Waals surface area contributed by atoms with Crippen molar-refractivity contribution in [3.05, 3.63) is 59.9 Å². The molecular weight excluding hydrogens is 435 g/mol. The van der Waals surface area contributed by atoms with Gasteiger partial charge in [0.15, 0.2) is 0 Å². The van der Waals surface area contributed by atoms with Crippen molar-refractivity contribution in [1.29, 1.82) is 0 Å². The minimum Gasteiger partial charge on any atom is -0.492 e. The van der Waals surface area contributed by atoms with Crippen LogP contribution in [0.2, 0.25) is 0 Å². The summed E-state index contributed by atoms with van der Waals surface area (Å²) in [5, 5.41) is 0. The molecule has 0 amide bonds. The number of halogens is 1. The number of ether oxygens (including phenoxy) is 2. The van der Waals surface area contributed by atoms with E-state index in [1.807, 2.05) is 0 Å². The highest BCUT2D eigenvalue weighted by Gasteiger charge is 2.26. The van der Waals surface area contributed by atoms with Crippen molar-refractivity contribution >= 4 is 20.0 Å². The Morgan fingerprint density at radius 3 is 2.23 bits per heavy atom. The van der Waals surface area contributed by atoms with Crippen molar-refractivity contribution < 1.29 is 30.7 Å². The lowest BCUT2D eigenvalue weighted by Gasteiger charge is -2.26. The molecule has 11 heteroatoms. The Balaban J connectivity index is 1.47. The summed E-state index contributed by atoms with van der Waals surface area (Å²) in [7, 11) is -7.16. The lowest BCUT2D eigenvalue weighted by Crippen LogP contribution is -2.40.